The summed E-state index contributed by atoms with van der Waals surface area (Å²) >= 11 is 0. The number of aromatic nitrogens is 2. The maximum absolute atomic E-state index is 13.0. The van der Waals surface area contributed by atoms with Crippen molar-refractivity contribution in [3.05, 3.63) is 60.6 Å². The molecule has 0 fully saturated rings. The molecular weight excluding hydrogens is 318 g/mol. The average molecular weight is 335 g/mol. The van der Waals surface area contributed by atoms with Crippen molar-refractivity contribution in [3.63, 3.8) is 0 Å². The Balaban J connectivity index is 1.66. The van der Waals surface area contributed by atoms with E-state index >= 15 is 0 Å². The van der Waals surface area contributed by atoms with E-state index in [1.165, 1.54) is 0 Å². The number of carbonyl (C=O) groups is 1. The first-order valence-corrected chi connectivity index (χ1v) is 8.21. The number of benzene rings is 1. The van der Waals surface area contributed by atoms with Gasteiger partial charge in [0.1, 0.15) is 11.9 Å². The van der Waals surface area contributed by atoms with Gasteiger partial charge in [-0.25, -0.2) is 0 Å². The zero-order chi connectivity index (χ0) is 17.2. The Labute approximate surface area is 145 Å². The van der Waals surface area contributed by atoms with E-state index in [0.717, 1.165) is 17.7 Å². The number of anilines is 1. The number of para-hydroxylation sites is 2. The highest BCUT2D eigenvalue weighted by Gasteiger charge is 2.31. The first-order chi connectivity index (χ1) is 12.3. The van der Waals surface area contributed by atoms with Crippen molar-refractivity contribution in [1.82, 2.24) is 10.1 Å². The van der Waals surface area contributed by atoms with Crippen LogP contribution in [-0.2, 0) is 0 Å². The molecule has 0 radical (unpaired) electrons. The second-order valence-electron chi connectivity index (χ2n) is 5.85. The van der Waals surface area contributed by atoms with E-state index in [1.54, 1.807) is 23.4 Å². The molecular formula is C19H17N3O3. The van der Waals surface area contributed by atoms with Crippen LogP contribution < -0.4 is 9.64 Å². The first-order valence-electron chi connectivity index (χ1n) is 8.21. The van der Waals surface area contributed by atoms with Crippen LogP contribution in [0, 0.1) is 0 Å². The third kappa shape index (κ3) is 2.87. The molecule has 3 heterocycles. The van der Waals surface area contributed by atoms with Crippen LogP contribution in [0.1, 0.15) is 23.8 Å². The minimum absolute atomic E-state index is 0.0384. The highest BCUT2D eigenvalue weighted by atomic mass is 16.5. The maximum Gasteiger partial charge on any atom is 0.280 e. The molecule has 0 spiro atoms. The summed E-state index contributed by atoms with van der Waals surface area (Å²) in [6.07, 6.45) is 4.13. The van der Waals surface area contributed by atoms with Gasteiger partial charge >= 0.3 is 0 Å². The number of rotatable bonds is 3. The van der Waals surface area contributed by atoms with Crippen molar-refractivity contribution in [3.8, 4) is 17.1 Å². The highest BCUT2D eigenvalue weighted by Crippen LogP contribution is 2.34. The average Bonchev–Trinajstić information content (AvgIpc) is 3.17. The van der Waals surface area contributed by atoms with Crippen molar-refractivity contribution in [1.29, 1.82) is 0 Å². The number of hydrogen-bond donors (Lipinski definition) is 0. The third-order valence-corrected chi connectivity index (χ3v) is 4.21. The molecule has 126 valence electrons. The lowest BCUT2D eigenvalue weighted by Crippen LogP contribution is -2.43. The summed E-state index contributed by atoms with van der Waals surface area (Å²) in [7, 11) is 0. The minimum atomic E-state index is -0.201. The Hall–Kier alpha value is -3.15. The molecule has 0 saturated heterocycles. The molecule has 4 rings (SSSR count). The van der Waals surface area contributed by atoms with Crippen LogP contribution in [-0.4, -0.2) is 28.7 Å². The molecule has 1 aliphatic rings. The quantitative estimate of drug-likeness (QED) is 0.732. The molecule has 0 N–H and O–H groups in total. The predicted molar refractivity (Wildman–Crippen MR) is 92.6 cm³/mol. The molecule has 0 aliphatic carbocycles. The zero-order valence-electron chi connectivity index (χ0n) is 13.8. The van der Waals surface area contributed by atoms with Gasteiger partial charge in [0.2, 0.25) is 0 Å². The lowest BCUT2D eigenvalue weighted by molar-refractivity contribution is 0.0946. The molecule has 1 atom stereocenters. The van der Waals surface area contributed by atoms with Crippen LogP contribution in [0.5, 0.6) is 5.75 Å². The number of carbonyl (C=O) groups excluding carboxylic acids is 1. The van der Waals surface area contributed by atoms with E-state index < -0.39 is 0 Å². The minimum Gasteiger partial charge on any atom is -0.486 e. The Kier molecular flexibility index (Phi) is 3.93. The summed E-state index contributed by atoms with van der Waals surface area (Å²) in [5.41, 5.74) is 1.80. The summed E-state index contributed by atoms with van der Waals surface area (Å²) in [6, 6.07) is 12.9. The van der Waals surface area contributed by atoms with Gasteiger partial charge < -0.3 is 9.26 Å². The van der Waals surface area contributed by atoms with Crippen LogP contribution in [0.4, 0.5) is 5.69 Å². The number of hydrogen-bond acceptors (Lipinski definition) is 5. The van der Waals surface area contributed by atoms with E-state index in [1.807, 2.05) is 43.3 Å². The van der Waals surface area contributed by atoms with Gasteiger partial charge in [0.05, 0.1) is 12.2 Å². The van der Waals surface area contributed by atoms with E-state index in [4.69, 9.17) is 9.26 Å². The van der Waals surface area contributed by atoms with E-state index in [-0.39, 0.29) is 17.7 Å². The molecule has 1 amide bonds. The van der Waals surface area contributed by atoms with Gasteiger partial charge in [0, 0.05) is 24.0 Å². The van der Waals surface area contributed by atoms with Gasteiger partial charge in [-0.05, 0) is 30.7 Å². The first kappa shape index (κ1) is 15.4. The molecule has 1 aromatic carbocycles. The van der Waals surface area contributed by atoms with Gasteiger partial charge in [-0.2, -0.15) is 0 Å². The number of ether oxygens (including phenoxy) is 1. The lowest BCUT2D eigenvalue weighted by atomic mass is 10.1. The Morgan fingerprint density at radius 2 is 2.16 bits per heavy atom. The Bertz CT molecular complexity index is 892. The maximum atomic E-state index is 13.0. The number of pyridine rings is 1. The topological polar surface area (TPSA) is 68.5 Å². The van der Waals surface area contributed by atoms with E-state index in [9.17, 15) is 4.79 Å². The molecule has 1 unspecified atom stereocenters. The molecule has 3 aromatic rings. The van der Waals surface area contributed by atoms with Crippen LogP contribution in [0.3, 0.4) is 0 Å². The second kappa shape index (κ2) is 6.39. The summed E-state index contributed by atoms with van der Waals surface area (Å²) in [6.45, 7) is 2.53. The molecule has 2 aromatic heterocycles. The van der Waals surface area contributed by atoms with Crippen molar-refractivity contribution in [2.75, 3.05) is 11.4 Å². The largest absolute Gasteiger partial charge is 0.486 e. The second-order valence-corrected chi connectivity index (χ2v) is 5.85. The monoisotopic (exact) mass is 335 g/mol. The van der Waals surface area contributed by atoms with Gasteiger partial charge in [0.25, 0.3) is 5.91 Å². The lowest BCUT2D eigenvalue weighted by Gasteiger charge is -2.34. The summed E-state index contributed by atoms with van der Waals surface area (Å²) in [4.78, 5) is 18.8. The van der Waals surface area contributed by atoms with E-state index in [2.05, 4.69) is 10.1 Å². The normalized spacial score (nSPS) is 16.2. The Morgan fingerprint density at radius 1 is 1.28 bits per heavy atom. The fourth-order valence-corrected chi connectivity index (χ4v) is 2.86. The van der Waals surface area contributed by atoms with Crippen LogP contribution in [0.25, 0.3) is 11.3 Å². The van der Waals surface area contributed by atoms with Crippen molar-refractivity contribution in [2.24, 2.45) is 0 Å². The fourth-order valence-electron chi connectivity index (χ4n) is 2.86. The molecule has 0 bridgehead atoms. The smallest absolute Gasteiger partial charge is 0.280 e. The number of amides is 1. The zero-order valence-corrected chi connectivity index (χ0v) is 13.8. The van der Waals surface area contributed by atoms with Gasteiger partial charge in [-0.3, -0.25) is 14.7 Å². The van der Waals surface area contributed by atoms with Gasteiger partial charge in [-0.15, -0.1) is 0 Å². The van der Waals surface area contributed by atoms with Crippen LogP contribution >= 0.6 is 0 Å². The van der Waals surface area contributed by atoms with Crippen molar-refractivity contribution in [2.45, 2.75) is 19.4 Å². The number of fused-ring (bicyclic) bond motifs is 1. The van der Waals surface area contributed by atoms with Gasteiger partial charge in [0.15, 0.2) is 11.5 Å². The van der Waals surface area contributed by atoms with Gasteiger partial charge in [-0.1, -0.05) is 24.2 Å². The van der Waals surface area contributed by atoms with Crippen molar-refractivity contribution < 1.29 is 14.1 Å². The van der Waals surface area contributed by atoms with Crippen molar-refractivity contribution >= 4 is 11.6 Å². The predicted octanol–water partition coefficient (Wildman–Crippen LogP) is 3.55. The third-order valence-electron chi connectivity index (χ3n) is 4.21. The molecule has 0 saturated carbocycles. The SMILES string of the molecule is CCC1CN(C(=O)c2cc(-c3cccnc3)on2)c2ccccc2O1. The summed E-state index contributed by atoms with van der Waals surface area (Å²) in [5.74, 6) is 1.03. The molecule has 25 heavy (non-hydrogen) atoms. The summed E-state index contributed by atoms with van der Waals surface area (Å²) in [5, 5.41) is 3.96. The highest BCUT2D eigenvalue weighted by molar-refractivity contribution is 6.06. The standard InChI is InChI=1S/C19H17N3O3/c1-2-14-12-22(16-7-3-4-8-17(16)24-14)19(23)15-10-18(25-21-15)13-6-5-9-20-11-13/h3-11,14H,2,12H2,1H3. The summed E-state index contributed by atoms with van der Waals surface area (Å²) < 4.78 is 11.3. The molecule has 6 nitrogen and oxygen atoms in total. The number of nitrogens with zero attached hydrogens (tertiary/aromatic N) is 3. The molecule has 1 aliphatic heterocycles. The Morgan fingerprint density at radius 3 is 2.96 bits per heavy atom. The van der Waals surface area contributed by atoms with Crippen LogP contribution in [0.15, 0.2) is 59.4 Å². The van der Waals surface area contributed by atoms with E-state index in [0.29, 0.717) is 18.1 Å². The fraction of sp³-hybridized carbons (Fsp3) is 0.211. The van der Waals surface area contributed by atoms with Crippen LogP contribution in [0.2, 0.25) is 0 Å². The molecule has 6 heteroatoms.